The van der Waals surface area contributed by atoms with E-state index in [1.54, 1.807) is 11.0 Å². The lowest BCUT2D eigenvalue weighted by Crippen LogP contribution is -2.45. The Morgan fingerprint density at radius 3 is 2.59 bits per heavy atom. The quantitative estimate of drug-likeness (QED) is 0.714. The van der Waals surface area contributed by atoms with Gasteiger partial charge in [-0.15, -0.1) is 0 Å². The van der Waals surface area contributed by atoms with E-state index in [0.717, 1.165) is 49.0 Å². The largest absolute Gasteiger partial charge is 0.457 e. The van der Waals surface area contributed by atoms with E-state index >= 15 is 0 Å². The Balaban J connectivity index is 1.24. The number of rotatable bonds is 4. The number of nitrogens with zero attached hydrogens (tertiary/aromatic N) is 2. The Kier molecular flexibility index (Phi) is 5.09. The standard InChI is InChI=1S/C24H28N2O6/c1-14-10-24(23(30)26(14)16-9-21(28)31-12-16)5-7-25(8-6-24)11-20(27)17-3-4-18-19(15(17)2)13-32-22(18)29/h3-4,9,14,20,27H,5-8,10-13H2,1-2H3/t14?,20-/m1/s1. The molecule has 1 N–H and O–H groups in total. The minimum absolute atomic E-state index is 0.0411. The maximum atomic E-state index is 13.3. The number of carbonyl (C=O) groups is 3. The van der Waals surface area contributed by atoms with Crippen LogP contribution in [0.25, 0.3) is 0 Å². The maximum Gasteiger partial charge on any atom is 0.338 e. The summed E-state index contributed by atoms with van der Waals surface area (Å²) in [6.07, 6.45) is 2.98. The first-order chi connectivity index (χ1) is 15.3. The molecular formula is C24H28N2O6. The van der Waals surface area contributed by atoms with Gasteiger partial charge in [0, 0.05) is 24.2 Å². The van der Waals surface area contributed by atoms with Gasteiger partial charge in [0.2, 0.25) is 5.91 Å². The second kappa shape index (κ2) is 7.71. The molecule has 1 amide bonds. The fraction of sp³-hybridized carbons (Fsp3) is 0.542. The molecule has 5 rings (SSSR count). The molecule has 2 fully saturated rings. The highest BCUT2D eigenvalue weighted by molar-refractivity contribution is 5.94. The summed E-state index contributed by atoms with van der Waals surface area (Å²) in [5, 5.41) is 10.9. The fourth-order valence-corrected chi connectivity index (χ4v) is 5.77. The second-order valence-corrected chi connectivity index (χ2v) is 9.45. The Bertz CT molecular complexity index is 1020. The maximum absolute atomic E-state index is 13.3. The summed E-state index contributed by atoms with van der Waals surface area (Å²) in [6.45, 7) is 6.30. The van der Waals surface area contributed by atoms with Gasteiger partial charge >= 0.3 is 11.9 Å². The van der Waals surface area contributed by atoms with Crippen LogP contribution < -0.4 is 0 Å². The minimum atomic E-state index is -0.674. The van der Waals surface area contributed by atoms with Gasteiger partial charge in [0.15, 0.2) is 0 Å². The Morgan fingerprint density at radius 1 is 1.16 bits per heavy atom. The second-order valence-electron chi connectivity index (χ2n) is 9.45. The number of fused-ring (bicyclic) bond motifs is 1. The van der Waals surface area contributed by atoms with Crippen LogP contribution in [0.15, 0.2) is 23.9 Å². The van der Waals surface area contributed by atoms with Crippen LogP contribution in [0.3, 0.4) is 0 Å². The molecule has 8 nitrogen and oxygen atoms in total. The highest BCUT2D eigenvalue weighted by atomic mass is 16.5. The number of esters is 2. The molecule has 0 radical (unpaired) electrons. The summed E-state index contributed by atoms with van der Waals surface area (Å²) in [6, 6.07) is 3.59. The van der Waals surface area contributed by atoms with Gasteiger partial charge in [-0.25, -0.2) is 9.59 Å². The van der Waals surface area contributed by atoms with Gasteiger partial charge in [-0.2, -0.15) is 0 Å². The molecule has 2 saturated heterocycles. The summed E-state index contributed by atoms with van der Waals surface area (Å²) in [4.78, 5) is 40.5. The molecule has 2 atom stereocenters. The molecule has 1 aromatic rings. The van der Waals surface area contributed by atoms with E-state index in [0.29, 0.717) is 17.8 Å². The summed E-state index contributed by atoms with van der Waals surface area (Å²) in [7, 11) is 0. The highest BCUT2D eigenvalue weighted by Gasteiger charge is 2.52. The third kappa shape index (κ3) is 3.33. The number of hydrogen-bond donors (Lipinski definition) is 1. The van der Waals surface area contributed by atoms with E-state index in [4.69, 9.17) is 9.47 Å². The zero-order valence-corrected chi connectivity index (χ0v) is 18.4. The van der Waals surface area contributed by atoms with Gasteiger partial charge < -0.3 is 24.4 Å². The number of carbonyl (C=O) groups excluding carboxylic acids is 3. The number of likely N-dealkylation sites (tertiary alicyclic amines) is 2. The van der Waals surface area contributed by atoms with E-state index in [-0.39, 0.29) is 37.1 Å². The van der Waals surface area contributed by atoms with E-state index < -0.39 is 11.5 Å². The molecule has 1 unspecified atom stereocenters. The topological polar surface area (TPSA) is 96.4 Å². The van der Waals surface area contributed by atoms with Crippen LogP contribution in [-0.2, 0) is 25.7 Å². The average Bonchev–Trinajstić information content (AvgIpc) is 3.41. The van der Waals surface area contributed by atoms with Crippen LogP contribution in [0.1, 0.15) is 59.3 Å². The molecule has 0 aliphatic carbocycles. The number of benzene rings is 1. The lowest BCUT2D eigenvalue weighted by molar-refractivity contribution is -0.139. The van der Waals surface area contributed by atoms with E-state index in [1.807, 2.05) is 19.9 Å². The summed E-state index contributed by atoms with van der Waals surface area (Å²) in [5.74, 6) is -0.601. The van der Waals surface area contributed by atoms with E-state index in [2.05, 4.69) is 4.90 Å². The monoisotopic (exact) mass is 440 g/mol. The first kappa shape index (κ1) is 21.2. The number of aliphatic hydroxyl groups is 1. The molecule has 4 aliphatic heterocycles. The summed E-state index contributed by atoms with van der Waals surface area (Å²) >= 11 is 0. The molecule has 32 heavy (non-hydrogen) atoms. The number of piperidine rings is 1. The predicted molar refractivity (Wildman–Crippen MR) is 113 cm³/mol. The molecule has 8 heteroatoms. The lowest BCUT2D eigenvalue weighted by Gasteiger charge is -2.38. The normalized spacial score (nSPS) is 25.7. The van der Waals surface area contributed by atoms with Crippen molar-refractivity contribution in [2.45, 2.75) is 51.9 Å². The van der Waals surface area contributed by atoms with Crippen molar-refractivity contribution in [1.82, 2.24) is 9.80 Å². The van der Waals surface area contributed by atoms with Crippen LogP contribution in [0, 0.1) is 12.3 Å². The molecule has 170 valence electrons. The molecule has 1 spiro atoms. The minimum Gasteiger partial charge on any atom is -0.457 e. The van der Waals surface area contributed by atoms with Gasteiger partial charge in [-0.1, -0.05) is 6.07 Å². The predicted octanol–water partition coefficient (Wildman–Crippen LogP) is 1.84. The number of hydrogen-bond acceptors (Lipinski definition) is 7. The van der Waals surface area contributed by atoms with Gasteiger partial charge in [-0.3, -0.25) is 4.79 Å². The smallest absolute Gasteiger partial charge is 0.338 e. The lowest BCUT2D eigenvalue weighted by atomic mass is 9.76. The van der Waals surface area contributed by atoms with Crippen molar-refractivity contribution in [2.24, 2.45) is 5.41 Å². The van der Waals surface area contributed by atoms with E-state index in [1.165, 1.54) is 6.08 Å². The van der Waals surface area contributed by atoms with Crippen molar-refractivity contribution in [3.05, 3.63) is 46.2 Å². The van der Waals surface area contributed by atoms with Crippen LogP contribution in [0.2, 0.25) is 0 Å². The van der Waals surface area contributed by atoms with Crippen molar-refractivity contribution < 1.29 is 29.0 Å². The van der Waals surface area contributed by atoms with Gasteiger partial charge in [0.1, 0.15) is 13.2 Å². The van der Waals surface area contributed by atoms with Crippen molar-refractivity contribution in [1.29, 1.82) is 0 Å². The Labute approximate surface area is 186 Å². The highest BCUT2D eigenvalue weighted by Crippen LogP contribution is 2.46. The molecule has 1 aromatic carbocycles. The molecule has 4 heterocycles. The Hall–Kier alpha value is -2.71. The first-order valence-corrected chi connectivity index (χ1v) is 11.2. The van der Waals surface area contributed by atoms with Crippen LogP contribution in [0.5, 0.6) is 0 Å². The molecule has 4 aliphatic rings. The van der Waals surface area contributed by atoms with Crippen molar-refractivity contribution in [2.75, 3.05) is 26.2 Å². The van der Waals surface area contributed by atoms with Crippen molar-refractivity contribution in [3.8, 4) is 0 Å². The number of cyclic esters (lactones) is 2. The number of ether oxygens (including phenoxy) is 2. The molecule has 0 saturated carbocycles. The van der Waals surface area contributed by atoms with E-state index in [9.17, 15) is 19.5 Å². The SMILES string of the molecule is Cc1c([C@H](O)CN2CCC3(CC2)CC(C)N(C2=CC(=O)OC2)C3=O)ccc2c1COC2=O. The zero-order valence-electron chi connectivity index (χ0n) is 18.4. The summed E-state index contributed by atoms with van der Waals surface area (Å²) < 4.78 is 10.1. The molecule has 0 bridgehead atoms. The van der Waals surface area contributed by atoms with Crippen LogP contribution in [0.4, 0.5) is 0 Å². The third-order valence-corrected chi connectivity index (χ3v) is 7.57. The van der Waals surface area contributed by atoms with Gasteiger partial charge in [-0.05, 0) is 63.4 Å². The van der Waals surface area contributed by atoms with Crippen molar-refractivity contribution in [3.63, 3.8) is 0 Å². The van der Waals surface area contributed by atoms with Crippen LogP contribution >= 0.6 is 0 Å². The average molecular weight is 440 g/mol. The number of amides is 1. The number of aliphatic hydroxyl groups excluding tert-OH is 1. The zero-order chi connectivity index (χ0) is 22.6. The van der Waals surface area contributed by atoms with Crippen molar-refractivity contribution >= 4 is 17.8 Å². The van der Waals surface area contributed by atoms with Crippen LogP contribution in [-0.4, -0.2) is 65.0 Å². The first-order valence-electron chi connectivity index (χ1n) is 11.2. The van der Waals surface area contributed by atoms with Gasteiger partial charge in [0.25, 0.3) is 0 Å². The Morgan fingerprint density at radius 2 is 1.91 bits per heavy atom. The van der Waals surface area contributed by atoms with Gasteiger partial charge in [0.05, 0.1) is 22.8 Å². The fourth-order valence-electron chi connectivity index (χ4n) is 5.77. The molecule has 0 aromatic heterocycles. The molecular weight excluding hydrogens is 412 g/mol. The number of β-amino-alcohol motifs (C(OH)–C–C–N with tert-alkyl or cyclic N) is 1. The summed E-state index contributed by atoms with van der Waals surface area (Å²) in [5.41, 5.74) is 3.42. The third-order valence-electron chi connectivity index (χ3n) is 7.57.